The number of fused-ring (bicyclic) bond motifs is 1. The molecule has 0 aliphatic heterocycles. The predicted molar refractivity (Wildman–Crippen MR) is 81.7 cm³/mol. The van der Waals surface area contributed by atoms with Crippen molar-refractivity contribution in [3.05, 3.63) is 48.2 Å². The van der Waals surface area contributed by atoms with E-state index in [1.807, 2.05) is 0 Å². The fourth-order valence-electron chi connectivity index (χ4n) is 2.82. The molecule has 1 aliphatic rings. The van der Waals surface area contributed by atoms with Crippen LogP contribution in [-0.2, 0) is 6.42 Å². The maximum atomic E-state index is 14.2. The summed E-state index contributed by atoms with van der Waals surface area (Å²) in [5, 5.41) is 8.01. The molecule has 2 heterocycles. The Balaban J connectivity index is 1.67. The molecule has 1 aromatic carbocycles. The van der Waals surface area contributed by atoms with Crippen molar-refractivity contribution in [2.24, 2.45) is 5.92 Å². The molecule has 0 N–H and O–H groups in total. The third-order valence-corrected chi connectivity index (χ3v) is 4.35. The number of nitrogens with zero attached hydrogens (tertiary/aromatic N) is 3. The minimum Gasteiger partial charge on any atom is -0.497 e. The van der Waals surface area contributed by atoms with Crippen LogP contribution in [0.1, 0.15) is 12.2 Å². The van der Waals surface area contributed by atoms with E-state index in [1.165, 1.54) is 13.2 Å². The zero-order valence-corrected chi connectivity index (χ0v) is 12.8. The zero-order chi connectivity index (χ0) is 16.9. The number of methoxy groups -OCH3 is 1. The summed E-state index contributed by atoms with van der Waals surface area (Å²) in [4.78, 5) is 0. The molecule has 24 heavy (non-hydrogen) atoms. The number of alkyl halides is 2. The quantitative estimate of drug-likeness (QED) is 0.730. The molecule has 4 nitrogen and oxygen atoms in total. The average Bonchev–Trinajstić information content (AvgIpc) is 2.98. The first-order valence-corrected chi connectivity index (χ1v) is 7.53. The number of hydrogen-bond acceptors (Lipinski definition) is 3. The molecule has 124 valence electrons. The van der Waals surface area contributed by atoms with Crippen molar-refractivity contribution in [2.75, 3.05) is 7.11 Å². The Bertz CT molecular complexity index is 923. The van der Waals surface area contributed by atoms with E-state index >= 15 is 0 Å². The second-order valence-electron chi connectivity index (χ2n) is 5.97. The molecule has 3 aromatic rings. The highest BCUT2D eigenvalue weighted by atomic mass is 19.3. The van der Waals surface area contributed by atoms with E-state index in [1.54, 1.807) is 34.9 Å². The highest BCUT2D eigenvalue weighted by molar-refractivity contribution is 5.68. The third kappa shape index (κ3) is 2.50. The molecule has 0 spiro atoms. The summed E-state index contributed by atoms with van der Waals surface area (Å²) in [6.45, 7) is 0. The molecule has 1 unspecified atom stereocenters. The summed E-state index contributed by atoms with van der Waals surface area (Å²) in [7, 11) is 1.47. The predicted octanol–water partition coefficient (Wildman–Crippen LogP) is 3.74. The standard InChI is InChI=1S/C17H14F3N3O/c1-24-12-2-3-13(14(18)8-12)10-4-5-23-15(6-10)21-22-16(23)7-11-9-17(11,19)20/h2-6,8,11H,7,9H2,1H3. The summed E-state index contributed by atoms with van der Waals surface area (Å²) in [5.41, 5.74) is 1.55. The van der Waals surface area contributed by atoms with Crippen molar-refractivity contribution in [1.29, 1.82) is 0 Å². The topological polar surface area (TPSA) is 39.4 Å². The van der Waals surface area contributed by atoms with Gasteiger partial charge in [0.15, 0.2) is 5.65 Å². The minimum atomic E-state index is -2.59. The molecule has 7 heteroatoms. The van der Waals surface area contributed by atoms with Crippen LogP contribution in [-0.4, -0.2) is 27.6 Å². The van der Waals surface area contributed by atoms with Crippen molar-refractivity contribution in [2.45, 2.75) is 18.8 Å². The average molecular weight is 333 g/mol. The Hall–Kier alpha value is -2.57. The molecule has 1 saturated carbocycles. The number of pyridine rings is 1. The molecule has 0 bridgehead atoms. The van der Waals surface area contributed by atoms with Crippen molar-refractivity contribution in [1.82, 2.24) is 14.6 Å². The molecule has 0 amide bonds. The van der Waals surface area contributed by atoms with Crippen LogP contribution in [0.15, 0.2) is 36.5 Å². The van der Waals surface area contributed by atoms with Gasteiger partial charge >= 0.3 is 0 Å². The highest BCUT2D eigenvalue weighted by Gasteiger charge is 2.56. The van der Waals surface area contributed by atoms with Crippen molar-refractivity contribution >= 4 is 5.65 Å². The smallest absolute Gasteiger partial charge is 0.252 e. The SMILES string of the molecule is COc1ccc(-c2ccn3c(CC4CC4(F)F)nnc3c2)c(F)c1. The van der Waals surface area contributed by atoms with Gasteiger partial charge in [0.1, 0.15) is 17.4 Å². The summed E-state index contributed by atoms with van der Waals surface area (Å²) < 4.78 is 47.0. The fraction of sp³-hybridized carbons (Fsp3) is 0.294. The maximum Gasteiger partial charge on any atom is 0.252 e. The van der Waals surface area contributed by atoms with E-state index in [2.05, 4.69) is 10.2 Å². The Morgan fingerprint density at radius 1 is 1.25 bits per heavy atom. The van der Waals surface area contributed by atoms with Gasteiger partial charge in [0.2, 0.25) is 0 Å². The monoisotopic (exact) mass is 333 g/mol. The van der Waals surface area contributed by atoms with Gasteiger partial charge in [-0.05, 0) is 29.8 Å². The van der Waals surface area contributed by atoms with Crippen LogP contribution in [0.2, 0.25) is 0 Å². The lowest BCUT2D eigenvalue weighted by atomic mass is 10.1. The van der Waals surface area contributed by atoms with Gasteiger partial charge in [-0.3, -0.25) is 4.40 Å². The first kappa shape index (κ1) is 15.0. The summed E-state index contributed by atoms with van der Waals surface area (Å²) in [6, 6.07) is 8.02. The zero-order valence-electron chi connectivity index (χ0n) is 12.8. The van der Waals surface area contributed by atoms with Crippen molar-refractivity contribution < 1.29 is 17.9 Å². The van der Waals surface area contributed by atoms with Gasteiger partial charge in [-0.15, -0.1) is 10.2 Å². The molecule has 1 aliphatic carbocycles. The van der Waals surface area contributed by atoms with Crippen molar-refractivity contribution in [3.63, 3.8) is 0 Å². The lowest BCUT2D eigenvalue weighted by Gasteiger charge is -2.07. The highest BCUT2D eigenvalue weighted by Crippen LogP contribution is 2.50. The summed E-state index contributed by atoms with van der Waals surface area (Å²) >= 11 is 0. The van der Waals surface area contributed by atoms with Crippen LogP contribution >= 0.6 is 0 Å². The van der Waals surface area contributed by atoms with E-state index in [-0.39, 0.29) is 12.8 Å². The molecule has 0 radical (unpaired) electrons. The fourth-order valence-corrected chi connectivity index (χ4v) is 2.82. The van der Waals surface area contributed by atoms with Gasteiger partial charge in [0, 0.05) is 36.6 Å². The molecule has 2 aromatic heterocycles. The second kappa shape index (κ2) is 5.22. The minimum absolute atomic E-state index is 0.100. The first-order valence-electron chi connectivity index (χ1n) is 7.53. The van der Waals surface area contributed by atoms with Crippen LogP contribution in [0.5, 0.6) is 5.75 Å². The van der Waals surface area contributed by atoms with Gasteiger partial charge in [0.05, 0.1) is 7.11 Å². The molecular weight excluding hydrogens is 319 g/mol. The Morgan fingerprint density at radius 3 is 2.71 bits per heavy atom. The molecular formula is C17H14F3N3O. The van der Waals surface area contributed by atoms with Crippen LogP contribution in [0.4, 0.5) is 13.2 Å². The number of halogens is 3. The van der Waals surface area contributed by atoms with Crippen LogP contribution < -0.4 is 4.74 Å². The molecule has 1 fully saturated rings. The Morgan fingerprint density at radius 2 is 2.04 bits per heavy atom. The van der Waals surface area contributed by atoms with E-state index in [9.17, 15) is 13.2 Å². The van der Waals surface area contributed by atoms with E-state index in [4.69, 9.17) is 4.74 Å². The summed E-state index contributed by atoms with van der Waals surface area (Å²) in [6.07, 6.45) is 1.77. The van der Waals surface area contributed by atoms with E-state index < -0.39 is 17.7 Å². The van der Waals surface area contributed by atoms with Gasteiger partial charge in [-0.25, -0.2) is 13.2 Å². The molecule has 0 saturated heterocycles. The first-order chi connectivity index (χ1) is 11.5. The van der Waals surface area contributed by atoms with E-state index in [0.717, 1.165) is 0 Å². The van der Waals surface area contributed by atoms with Crippen molar-refractivity contribution in [3.8, 4) is 16.9 Å². The van der Waals surface area contributed by atoms with Crippen LogP contribution in [0.25, 0.3) is 16.8 Å². The second-order valence-corrected chi connectivity index (χ2v) is 5.97. The third-order valence-electron chi connectivity index (χ3n) is 4.35. The van der Waals surface area contributed by atoms with Gasteiger partial charge < -0.3 is 4.74 Å². The van der Waals surface area contributed by atoms with E-state index in [0.29, 0.717) is 28.3 Å². The van der Waals surface area contributed by atoms with Crippen LogP contribution in [0.3, 0.4) is 0 Å². The maximum absolute atomic E-state index is 14.2. The van der Waals surface area contributed by atoms with Gasteiger partial charge in [-0.2, -0.15) is 0 Å². The number of ether oxygens (including phenoxy) is 1. The Kier molecular flexibility index (Phi) is 3.26. The number of aromatic nitrogens is 3. The number of benzene rings is 1. The number of rotatable bonds is 4. The van der Waals surface area contributed by atoms with Gasteiger partial charge in [0.25, 0.3) is 5.92 Å². The Labute approximate surface area is 135 Å². The molecule has 4 rings (SSSR count). The van der Waals surface area contributed by atoms with Gasteiger partial charge in [-0.1, -0.05) is 0 Å². The largest absolute Gasteiger partial charge is 0.497 e. The lowest BCUT2D eigenvalue weighted by Crippen LogP contribution is -2.02. The lowest BCUT2D eigenvalue weighted by molar-refractivity contribution is 0.0984. The van der Waals surface area contributed by atoms with Crippen LogP contribution in [0, 0.1) is 11.7 Å². The number of hydrogen-bond donors (Lipinski definition) is 0. The molecule has 1 atom stereocenters. The normalized spacial score (nSPS) is 18.8. The summed E-state index contributed by atoms with van der Waals surface area (Å²) in [5.74, 6) is -2.72.